The van der Waals surface area contributed by atoms with E-state index in [1.54, 1.807) is 0 Å². The van der Waals surface area contributed by atoms with E-state index in [1.807, 2.05) is 42.2 Å². The number of rotatable bonds is 4. The third-order valence-corrected chi connectivity index (χ3v) is 7.40. The normalized spacial score (nSPS) is 22.0. The Bertz CT molecular complexity index is 1130. The number of piperidine rings is 1. The molecule has 170 valence electrons. The Hall–Kier alpha value is -3.14. The molecule has 3 aliphatic rings. The molecule has 2 atom stereocenters. The van der Waals surface area contributed by atoms with Crippen molar-refractivity contribution in [1.82, 2.24) is 4.90 Å². The van der Waals surface area contributed by atoms with Gasteiger partial charge in [-0.3, -0.25) is 9.59 Å². The van der Waals surface area contributed by atoms with Crippen molar-refractivity contribution < 1.29 is 9.59 Å². The fourth-order valence-corrected chi connectivity index (χ4v) is 5.68. The lowest BCUT2D eigenvalue weighted by atomic mass is 9.80. The molecule has 0 unspecified atom stereocenters. The van der Waals surface area contributed by atoms with Crippen LogP contribution >= 0.6 is 0 Å². The summed E-state index contributed by atoms with van der Waals surface area (Å²) >= 11 is 0. The van der Waals surface area contributed by atoms with Gasteiger partial charge in [0.05, 0.1) is 12.0 Å². The average Bonchev–Trinajstić information content (AvgIpc) is 3.32. The van der Waals surface area contributed by atoms with Crippen LogP contribution in [0.4, 0.5) is 5.69 Å². The van der Waals surface area contributed by atoms with E-state index < -0.39 is 0 Å². The molecule has 1 fully saturated rings. The first-order valence-corrected chi connectivity index (χ1v) is 12.3. The molecule has 0 aromatic heterocycles. The van der Waals surface area contributed by atoms with Crippen molar-refractivity contribution in [2.24, 2.45) is 5.92 Å². The van der Waals surface area contributed by atoms with Crippen LogP contribution in [0.15, 0.2) is 66.3 Å². The number of aryl methyl sites for hydroxylation is 3. The lowest BCUT2D eigenvalue weighted by Crippen LogP contribution is -2.53. The topological polar surface area (TPSA) is 49.4 Å². The fourth-order valence-electron chi connectivity index (χ4n) is 5.68. The first-order chi connectivity index (χ1) is 16.1. The van der Waals surface area contributed by atoms with Crippen LogP contribution in [0.5, 0.6) is 0 Å². The van der Waals surface area contributed by atoms with Crippen molar-refractivity contribution in [2.45, 2.75) is 57.9 Å². The molecule has 1 N–H and O–H groups in total. The van der Waals surface area contributed by atoms with Crippen LogP contribution in [0.2, 0.25) is 0 Å². The van der Waals surface area contributed by atoms with E-state index in [9.17, 15) is 9.59 Å². The Morgan fingerprint density at radius 2 is 1.85 bits per heavy atom. The van der Waals surface area contributed by atoms with Crippen molar-refractivity contribution in [3.63, 3.8) is 0 Å². The van der Waals surface area contributed by atoms with E-state index in [1.165, 1.54) is 23.1 Å². The maximum Gasteiger partial charge on any atom is 0.254 e. The third-order valence-electron chi connectivity index (χ3n) is 7.40. The summed E-state index contributed by atoms with van der Waals surface area (Å²) in [6, 6.07) is 13.9. The van der Waals surface area contributed by atoms with Gasteiger partial charge in [-0.05, 0) is 92.3 Å². The predicted octanol–water partition coefficient (Wildman–Crippen LogP) is 5.62. The second-order valence-corrected chi connectivity index (χ2v) is 9.54. The number of hydrogen-bond donors (Lipinski definition) is 1. The van der Waals surface area contributed by atoms with Gasteiger partial charge in [0, 0.05) is 17.8 Å². The Morgan fingerprint density at radius 3 is 2.67 bits per heavy atom. The highest BCUT2D eigenvalue weighted by Gasteiger charge is 2.40. The highest BCUT2D eigenvalue weighted by atomic mass is 16.2. The Morgan fingerprint density at radius 1 is 1.00 bits per heavy atom. The predicted molar refractivity (Wildman–Crippen MR) is 132 cm³/mol. The van der Waals surface area contributed by atoms with Gasteiger partial charge >= 0.3 is 0 Å². The molecule has 0 spiro atoms. The molecular weight excluding hydrogens is 408 g/mol. The second-order valence-electron chi connectivity index (χ2n) is 9.54. The van der Waals surface area contributed by atoms with Crippen LogP contribution in [-0.4, -0.2) is 29.3 Å². The van der Waals surface area contributed by atoms with Crippen molar-refractivity contribution >= 4 is 17.5 Å². The Balaban J connectivity index is 1.44. The highest BCUT2D eigenvalue weighted by Crippen LogP contribution is 2.35. The van der Waals surface area contributed by atoms with Crippen LogP contribution in [0, 0.1) is 12.8 Å². The summed E-state index contributed by atoms with van der Waals surface area (Å²) in [6.45, 7) is 2.66. The molecule has 2 aromatic carbocycles. The molecule has 0 radical (unpaired) electrons. The zero-order valence-corrected chi connectivity index (χ0v) is 19.3. The Labute approximate surface area is 196 Å². The second kappa shape index (κ2) is 9.38. The number of fused-ring (bicyclic) bond motifs is 1. The molecule has 33 heavy (non-hydrogen) atoms. The quantitative estimate of drug-likeness (QED) is 0.671. The van der Waals surface area contributed by atoms with Gasteiger partial charge in [0.2, 0.25) is 5.91 Å². The molecule has 1 heterocycles. The summed E-state index contributed by atoms with van der Waals surface area (Å²) in [6.07, 6.45) is 13.2. The van der Waals surface area contributed by atoms with Gasteiger partial charge in [-0.15, -0.1) is 0 Å². The van der Waals surface area contributed by atoms with Crippen molar-refractivity contribution in [3.8, 4) is 0 Å². The average molecular weight is 441 g/mol. The van der Waals surface area contributed by atoms with Crippen LogP contribution in [0.25, 0.3) is 0 Å². The van der Waals surface area contributed by atoms with Gasteiger partial charge in [0.15, 0.2) is 0 Å². The molecule has 0 bridgehead atoms. The number of nitrogens with zero attached hydrogens (tertiary/aromatic N) is 1. The summed E-state index contributed by atoms with van der Waals surface area (Å²) < 4.78 is 0. The molecule has 2 aliphatic carbocycles. The Kier molecular flexibility index (Phi) is 6.17. The van der Waals surface area contributed by atoms with E-state index in [-0.39, 0.29) is 23.8 Å². The molecule has 1 aliphatic heterocycles. The number of carbonyl (C=O) groups is 2. The summed E-state index contributed by atoms with van der Waals surface area (Å²) in [5, 5.41) is 3.20. The van der Waals surface area contributed by atoms with E-state index >= 15 is 0 Å². The SMILES string of the molecule is Cc1ccccc1C(=O)N1CCC[C@H](C(=O)Nc2ccc3c(c2)CCC3)[C@@H]1C1=CC=CCC1. The molecule has 5 rings (SSSR count). The standard InChI is InChI=1S/C29H32N2O2/c1-20-9-5-6-14-25(20)29(33)31-18-8-15-26(27(31)22-10-3-2-4-11-22)28(32)30-24-17-16-21-12-7-13-23(21)19-24/h2-3,5-6,9-10,14,16-17,19,26-27H,4,7-8,11-13,15,18H2,1H3,(H,30,32)/t26-,27-/m0/s1. The maximum atomic E-state index is 13.7. The van der Waals surface area contributed by atoms with Crippen LogP contribution in [0.3, 0.4) is 0 Å². The number of anilines is 1. The van der Waals surface area contributed by atoms with Gasteiger partial charge in [-0.25, -0.2) is 0 Å². The monoisotopic (exact) mass is 440 g/mol. The zero-order chi connectivity index (χ0) is 22.8. The van der Waals surface area contributed by atoms with Gasteiger partial charge in [0.1, 0.15) is 0 Å². The van der Waals surface area contributed by atoms with Gasteiger partial charge in [0.25, 0.3) is 5.91 Å². The van der Waals surface area contributed by atoms with Crippen LogP contribution < -0.4 is 5.32 Å². The van der Waals surface area contributed by atoms with E-state index in [2.05, 4.69) is 35.7 Å². The third kappa shape index (κ3) is 4.39. The van der Waals surface area contributed by atoms with Gasteiger partial charge in [-0.2, -0.15) is 0 Å². The number of nitrogens with one attached hydrogen (secondary N) is 1. The number of benzene rings is 2. The first-order valence-electron chi connectivity index (χ1n) is 12.3. The van der Waals surface area contributed by atoms with E-state index in [0.717, 1.165) is 55.3 Å². The molecule has 4 nitrogen and oxygen atoms in total. The van der Waals surface area contributed by atoms with E-state index in [0.29, 0.717) is 6.54 Å². The maximum absolute atomic E-state index is 13.7. The minimum absolute atomic E-state index is 0.0238. The van der Waals surface area contributed by atoms with Crippen molar-refractivity contribution in [1.29, 1.82) is 0 Å². The number of hydrogen-bond acceptors (Lipinski definition) is 2. The minimum Gasteiger partial charge on any atom is -0.331 e. The largest absolute Gasteiger partial charge is 0.331 e. The van der Waals surface area contributed by atoms with Crippen molar-refractivity contribution in [3.05, 3.63) is 88.5 Å². The number of carbonyl (C=O) groups excluding carboxylic acids is 2. The van der Waals surface area contributed by atoms with E-state index in [4.69, 9.17) is 0 Å². The lowest BCUT2D eigenvalue weighted by Gasteiger charge is -2.42. The molecule has 4 heteroatoms. The zero-order valence-electron chi connectivity index (χ0n) is 19.3. The smallest absolute Gasteiger partial charge is 0.254 e. The summed E-state index contributed by atoms with van der Waals surface area (Å²) in [7, 11) is 0. The molecule has 2 amide bonds. The molecule has 1 saturated heterocycles. The van der Waals surface area contributed by atoms with Crippen LogP contribution in [0.1, 0.15) is 59.2 Å². The minimum atomic E-state index is -0.252. The molecule has 2 aromatic rings. The van der Waals surface area contributed by atoms with Gasteiger partial charge in [-0.1, -0.05) is 42.5 Å². The number of likely N-dealkylation sites (tertiary alicyclic amines) is 1. The van der Waals surface area contributed by atoms with Gasteiger partial charge < -0.3 is 10.2 Å². The van der Waals surface area contributed by atoms with Crippen LogP contribution in [-0.2, 0) is 17.6 Å². The lowest BCUT2D eigenvalue weighted by molar-refractivity contribution is -0.122. The fraction of sp³-hybridized carbons (Fsp3) is 0.379. The molecule has 0 saturated carbocycles. The van der Waals surface area contributed by atoms with Crippen molar-refractivity contribution in [2.75, 3.05) is 11.9 Å². The molecular formula is C29H32N2O2. The summed E-state index contributed by atoms with van der Waals surface area (Å²) in [5.74, 6) is -0.197. The number of amides is 2. The highest BCUT2D eigenvalue weighted by molar-refractivity contribution is 5.98. The first kappa shape index (κ1) is 21.7. The number of allylic oxidation sites excluding steroid dienone is 3. The summed E-state index contributed by atoms with van der Waals surface area (Å²) in [4.78, 5) is 29.2. The summed E-state index contributed by atoms with van der Waals surface area (Å²) in [5.41, 5.74) is 6.52.